The molecule has 0 fully saturated rings. The molecule has 0 N–H and O–H groups in total. The topological polar surface area (TPSA) is 0 Å². The van der Waals surface area contributed by atoms with E-state index in [1.807, 2.05) is 0 Å². The first-order chi connectivity index (χ1) is 11.8. The average Bonchev–Trinajstić information content (AvgIpc) is 2.52. The summed E-state index contributed by atoms with van der Waals surface area (Å²) < 4.78 is 0. The molecule has 0 atom stereocenters. The van der Waals surface area contributed by atoms with Gasteiger partial charge in [0.05, 0.1) is 0 Å². The fraction of sp³-hybridized carbons (Fsp3) is 0.217. The molecular formula is C23H25ClSi. The molecule has 0 aliphatic heterocycles. The third-order valence-electron chi connectivity index (χ3n) is 4.65. The Morgan fingerprint density at radius 3 is 1.32 bits per heavy atom. The number of halogens is 1. The zero-order chi connectivity index (χ0) is 18.2. The summed E-state index contributed by atoms with van der Waals surface area (Å²) in [5.41, 5.74) is 6.33. The van der Waals surface area contributed by atoms with E-state index in [0.717, 1.165) is 0 Å². The molecule has 0 unspecified atom stereocenters. The van der Waals surface area contributed by atoms with Crippen molar-refractivity contribution < 1.29 is 0 Å². The summed E-state index contributed by atoms with van der Waals surface area (Å²) in [7, 11) is -2.56. The van der Waals surface area contributed by atoms with E-state index in [1.165, 1.54) is 43.4 Å². The minimum absolute atomic E-state index is 1.25. The van der Waals surface area contributed by atoms with Crippen molar-refractivity contribution in [1.29, 1.82) is 0 Å². The highest BCUT2D eigenvalue weighted by molar-refractivity contribution is 7.40. The lowest BCUT2D eigenvalue weighted by Crippen LogP contribution is -2.63. The van der Waals surface area contributed by atoms with Gasteiger partial charge in [-0.1, -0.05) is 88.5 Å². The van der Waals surface area contributed by atoms with Crippen molar-refractivity contribution in [3.8, 4) is 0 Å². The minimum atomic E-state index is -2.56. The van der Waals surface area contributed by atoms with Gasteiger partial charge in [-0.2, -0.15) is 0 Å². The van der Waals surface area contributed by atoms with Crippen LogP contribution in [0.1, 0.15) is 27.8 Å². The summed E-state index contributed by atoms with van der Waals surface area (Å²) in [6.45, 7) is 10.7. The Labute approximate surface area is 157 Å². The van der Waals surface area contributed by atoms with E-state index in [-0.39, 0.29) is 0 Å². The summed E-state index contributed by atoms with van der Waals surface area (Å²) in [6, 6.07) is 22.2. The quantitative estimate of drug-likeness (QED) is 0.366. The molecule has 128 valence electrons. The fourth-order valence-electron chi connectivity index (χ4n) is 3.71. The second kappa shape index (κ2) is 6.82. The summed E-state index contributed by atoms with van der Waals surface area (Å²) in [4.78, 5) is 0. The molecule has 0 radical (unpaired) electrons. The Hall–Kier alpha value is -1.83. The van der Waals surface area contributed by atoms with Crippen LogP contribution in [0.15, 0.2) is 60.7 Å². The summed E-state index contributed by atoms with van der Waals surface area (Å²) in [6.07, 6.45) is 0. The van der Waals surface area contributed by atoms with Gasteiger partial charge < -0.3 is 0 Å². The van der Waals surface area contributed by atoms with Crippen molar-refractivity contribution in [1.82, 2.24) is 0 Å². The summed E-state index contributed by atoms with van der Waals surface area (Å²) in [5.74, 6) is 0. The van der Waals surface area contributed by atoms with Crippen LogP contribution in [0.4, 0.5) is 0 Å². The van der Waals surface area contributed by atoms with Crippen LogP contribution in [0.2, 0.25) is 0 Å². The van der Waals surface area contributed by atoms with E-state index in [1.54, 1.807) is 0 Å². The van der Waals surface area contributed by atoms with Gasteiger partial charge in [0.15, 0.2) is 0 Å². The highest BCUT2D eigenvalue weighted by atomic mass is 35.6. The van der Waals surface area contributed by atoms with E-state index >= 15 is 0 Å². The molecule has 0 amide bonds. The predicted octanol–water partition coefficient (Wildman–Crippen LogP) is 4.43. The molecule has 0 spiro atoms. The van der Waals surface area contributed by atoms with Gasteiger partial charge in [-0.05, 0) is 50.2 Å². The van der Waals surface area contributed by atoms with Crippen molar-refractivity contribution in [3.05, 3.63) is 88.5 Å². The molecule has 0 saturated carbocycles. The molecule has 0 saturated heterocycles. The highest BCUT2D eigenvalue weighted by Crippen LogP contribution is 2.16. The fourth-order valence-corrected chi connectivity index (χ4v) is 8.17. The van der Waals surface area contributed by atoms with Gasteiger partial charge in [0.2, 0.25) is 7.38 Å². The zero-order valence-corrected chi connectivity index (χ0v) is 17.4. The number of benzene rings is 3. The Balaban J connectivity index is 2.35. The molecule has 0 bridgehead atoms. The third kappa shape index (κ3) is 3.58. The molecule has 0 aliphatic rings. The summed E-state index contributed by atoms with van der Waals surface area (Å²) >= 11 is 7.61. The maximum Gasteiger partial charge on any atom is 0.247 e. The Kier molecular flexibility index (Phi) is 4.90. The van der Waals surface area contributed by atoms with Gasteiger partial charge in [0.1, 0.15) is 0 Å². The first-order valence-corrected chi connectivity index (χ1v) is 11.7. The van der Waals surface area contributed by atoms with Gasteiger partial charge in [0, 0.05) is 0 Å². The summed E-state index contributed by atoms with van der Waals surface area (Å²) in [5, 5.41) is 3.79. The molecule has 0 aliphatic carbocycles. The maximum atomic E-state index is 7.61. The predicted molar refractivity (Wildman–Crippen MR) is 114 cm³/mol. The Bertz CT molecular complexity index is 835. The van der Waals surface area contributed by atoms with Crippen LogP contribution in [0.5, 0.6) is 0 Å². The molecule has 25 heavy (non-hydrogen) atoms. The van der Waals surface area contributed by atoms with Crippen LogP contribution in [0, 0.1) is 34.6 Å². The maximum absolute atomic E-state index is 7.61. The van der Waals surface area contributed by atoms with E-state index < -0.39 is 7.38 Å². The number of hydrogen-bond acceptors (Lipinski definition) is 0. The molecule has 3 aromatic carbocycles. The van der Waals surface area contributed by atoms with Gasteiger partial charge in [-0.15, -0.1) is 11.1 Å². The van der Waals surface area contributed by atoms with Gasteiger partial charge >= 0.3 is 0 Å². The second-order valence-electron chi connectivity index (χ2n) is 7.28. The first kappa shape index (κ1) is 18.0. The van der Waals surface area contributed by atoms with E-state index in [4.69, 9.17) is 11.1 Å². The number of rotatable bonds is 3. The van der Waals surface area contributed by atoms with Crippen LogP contribution in [0.3, 0.4) is 0 Å². The van der Waals surface area contributed by atoms with Crippen molar-refractivity contribution in [2.45, 2.75) is 34.6 Å². The smallest absolute Gasteiger partial charge is 0.149 e. The van der Waals surface area contributed by atoms with Crippen LogP contribution in [-0.2, 0) is 0 Å². The standard InChI is InChI=1S/C23H25ClSi/c1-16-7-6-8-21(11-16)25(24,22-12-17(2)9-18(3)13-22)23-14-19(4)10-20(5)15-23/h6-15H,1-5H3. The SMILES string of the molecule is Cc1cccc([Si](Cl)(c2cc(C)cc(C)c2)c2cc(C)cc(C)c2)c1. The largest absolute Gasteiger partial charge is 0.247 e. The lowest BCUT2D eigenvalue weighted by atomic mass is 10.2. The second-order valence-corrected chi connectivity index (χ2v) is 12.0. The monoisotopic (exact) mass is 364 g/mol. The Morgan fingerprint density at radius 1 is 0.520 bits per heavy atom. The van der Waals surface area contributed by atoms with Crippen molar-refractivity contribution >= 4 is 34.0 Å². The normalized spacial score (nSPS) is 11.6. The van der Waals surface area contributed by atoms with Crippen LogP contribution >= 0.6 is 11.1 Å². The first-order valence-electron chi connectivity index (χ1n) is 8.72. The Morgan fingerprint density at radius 2 is 0.920 bits per heavy atom. The zero-order valence-electron chi connectivity index (χ0n) is 15.7. The van der Waals surface area contributed by atoms with E-state index in [2.05, 4.69) is 95.3 Å². The molecule has 3 aromatic rings. The van der Waals surface area contributed by atoms with Crippen LogP contribution < -0.4 is 15.6 Å². The lowest BCUT2D eigenvalue weighted by molar-refractivity contribution is 1.39. The van der Waals surface area contributed by atoms with Crippen LogP contribution in [0.25, 0.3) is 0 Å². The van der Waals surface area contributed by atoms with Crippen LogP contribution in [-0.4, -0.2) is 7.38 Å². The van der Waals surface area contributed by atoms with Crippen molar-refractivity contribution in [2.24, 2.45) is 0 Å². The van der Waals surface area contributed by atoms with Gasteiger partial charge in [-0.25, -0.2) is 0 Å². The highest BCUT2D eigenvalue weighted by Gasteiger charge is 2.38. The average molecular weight is 365 g/mol. The molecule has 0 heterocycles. The van der Waals surface area contributed by atoms with E-state index in [9.17, 15) is 0 Å². The number of hydrogen-bond donors (Lipinski definition) is 0. The van der Waals surface area contributed by atoms with Crippen molar-refractivity contribution in [3.63, 3.8) is 0 Å². The molecule has 0 aromatic heterocycles. The third-order valence-corrected chi connectivity index (χ3v) is 9.89. The molecule has 3 rings (SSSR count). The molecule has 0 nitrogen and oxygen atoms in total. The van der Waals surface area contributed by atoms with Crippen molar-refractivity contribution in [2.75, 3.05) is 0 Å². The van der Waals surface area contributed by atoms with Gasteiger partial charge in [-0.3, -0.25) is 0 Å². The molecular weight excluding hydrogens is 340 g/mol. The molecule has 2 heteroatoms. The minimum Gasteiger partial charge on any atom is -0.149 e. The van der Waals surface area contributed by atoms with E-state index in [0.29, 0.717) is 0 Å². The number of aryl methyl sites for hydroxylation is 5. The lowest BCUT2D eigenvalue weighted by Gasteiger charge is -2.28. The van der Waals surface area contributed by atoms with Gasteiger partial charge in [0.25, 0.3) is 0 Å².